The molecule has 0 spiro atoms. The second kappa shape index (κ2) is 6.38. The Hall–Kier alpha value is -2.09. The average Bonchev–Trinajstić information content (AvgIpc) is 2.41. The number of rotatable bonds is 5. The van der Waals surface area contributed by atoms with Crippen LogP contribution in [0.25, 0.3) is 11.1 Å². The molecule has 2 aromatic carbocycles. The number of phenolic OH excluding ortho intramolecular Hbond substituents is 1. The topological polar surface area (TPSA) is 37.3 Å². The summed E-state index contributed by atoms with van der Waals surface area (Å²) in [4.78, 5) is 11.4. The molecule has 1 N–H and O–H groups in total. The lowest BCUT2D eigenvalue weighted by Crippen LogP contribution is -1.99. The zero-order valence-corrected chi connectivity index (χ0v) is 12.0. The monoisotopic (exact) mass is 268 g/mol. The third-order valence-corrected chi connectivity index (χ3v) is 3.35. The minimum Gasteiger partial charge on any atom is -0.508 e. The quantitative estimate of drug-likeness (QED) is 0.884. The first-order valence-electron chi connectivity index (χ1n) is 7.01. The molecule has 2 rings (SSSR count). The van der Waals surface area contributed by atoms with Gasteiger partial charge >= 0.3 is 0 Å². The SMILES string of the molecule is CCCc1cccc(-c2cccc(O)c2CC(C)=O)c1. The Morgan fingerprint density at radius 2 is 1.90 bits per heavy atom. The lowest BCUT2D eigenvalue weighted by molar-refractivity contribution is -0.116. The van der Waals surface area contributed by atoms with Crippen LogP contribution in [-0.4, -0.2) is 10.9 Å². The Labute approximate surface area is 120 Å². The van der Waals surface area contributed by atoms with Gasteiger partial charge in [0, 0.05) is 12.0 Å². The van der Waals surface area contributed by atoms with Gasteiger partial charge in [-0.15, -0.1) is 0 Å². The number of hydrogen-bond donors (Lipinski definition) is 1. The van der Waals surface area contributed by atoms with E-state index in [1.165, 1.54) is 5.56 Å². The maximum absolute atomic E-state index is 11.4. The molecule has 0 aliphatic rings. The largest absolute Gasteiger partial charge is 0.508 e. The zero-order chi connectivity index (χ0) is 14.5. The van der Waals surface area contributed by atoms with Gasteiger partial charge in [0.1, 0.15) is 11.5 Å². The summed E-state index contributed by atoms with van der Waals surface area (Å²) in [6.45, 7) is 3.70. The Balaban J connectivity index is 2.48. The van der Waals surface area contributed by atoms with Crippen LogP contribution in [0.15, 0.2) is 42.5 Å². The summed E-state index contributed by atoms with van der Waals surface area (Å²) in [6.07, 6.45) is 2.40. The van der Waals surface area contributed by atoms with Crippen LogP contribution in [0.1, 0.15) is 31.4 Å². The van der Waals surface area contributed by atoms with Crippen molar-refractivity contribution in [2.24, 2.45) is 0 Å². The van der Waals surface area contributed by atoms with E-state index in [-0.39, 0.29) is 18.0 Å². The van der Waals surface area contributed by atoms with Gasteiger partial charge in [0.05, 0.1) is 0 Å². The van der Waals surface area contributed by atoms with Crippen molar-refractivity contribution in [2.45, 2.75) is 33.1 Å². The lowest BCUT2D eigenvalue weighted by Gasteiger charge is -2.11. The van der Waals surface area contributed by atoms with Crippen LogP contribution < -0.4 is 0 Å². The van der Waals surface area contributed by atoms with Crippen molar-refractivity contribution in [2.75, 3.05) is 0 Å². The highest BCUT2D eigenvalue weighted by Crippen LogP contribution is 2.31. The van der Waals surface area contributed by atoms with Gasteiger partial charge in [-0.25, -0.2) is 0 Å². The summed E-state index contributed by atoms with van der Waals surface area (Å²) in [6, 6.07) is 13.7. The van der Waals surface area contributed by atoms with E-state index in [9.17, 15) is 9.90 Å². The van der Waals surface area contributed by atoms with Gasteiger partial charge in [-0.3, -0.25) is 4.79 Å². The first kappa shape index (κ1) is 14.3. The third kappa shape index (κ3) is 3.27. The predicted molar refractivity (Wildman–Crippen MR) is 81.9 cm³/mol. The van der Waals surface area contributed by atoms with E-state index >= 15 is 0 Å². The Bertz CT molecular complexity index is 615. The molecule has 2 nitrogen and oxygen atoms in total. The van der Waals surface area contributed by atoms with Crippen molar-refractivity contribution in [1.82, 2.24) is 0 Å². The summed E-state index contributed by atoms with van der Waals surface area (Å²) >= 11 is 0. The molecule has 0 heterocycles. The van der Waals surface area contributed by atoms with Crippen molar-refractivity contribution in [3.05, 3.63) is 53.6 Å². The second-order valence-electron chi connectivity index (χ2n) is 5.13. The molecule has 0 fully saturated rings. The van der Waals surface area contributed by atoms with Crippen LogP contribution in [0.4, 0.5) is 0 Å². The van der Waals surface area contributed by atoms with Crippen LogP contribution in [0.3, 0.4) is 0 Å². The molecule has 0 saturated carbocycles. The molecule has 0 atom stereocenters. The molecule has 0 aliphatic carbocycles. The Morgan fingerprint density at radius 1 is 1.15 bits per heavy atom. The number of phenols is 1. The standard InChI is InChI=1S/C18H20O2/c1-3-6-14-7-4-8-15(12-14)16-9-5-10-18(20)17(16)11-13(2)19/h4-5,7-10,12,20H,3,6,11H2,1-2H3. The molecule has 0 bridgehead atoms. The predicted octanol–water partition coefficient (Wildman–Crippen LogP) is 4.14. The first-order valence-corrected chi connectivity index (χ1v) is 7.01. The fourth-order valence-electron chi connectivity index (χ4n) is 2.46. The van der Waals surface area contributed by atoms with Gasteiger partial charge in [-0.05, 0) is 36.1 Å². The number of carbonyl (C=O) groups is 1. The minimum atomic E-state index is 0.0532. The molecule has 20 heavy (non-hydrogen) atoms. The summed E-state index contributed by atoms with van der Waals surface area (Å²) in [7, 11) is 0. The highest BCUT2D eigenvalue weighted by Gasteiger charge is 2.11. The van der Waals surface area contributed by atoms with Gasteiger partial charge in [0.15, 0.2) is 0 Å². The van der Waals surface area contributed by atoms with E-state index in [1.807, 2.05) is 24.3 Å². The van der Waals surface area contributed by atoms with Gasteiger partial charge in [-0.1, -0.05) is 49.7 Å². The van der Waals surface area contributed by atoms with Crippen molar-refractivity contribution in [3.63, 3.8) is 0 Å². The molecule has 0 aromatic heterocycles. The number of Topliss-reactive ketones (excluding diaryl/α,β-unsaturated/α-hetero) is 1. The number of benzene rings is 2. The van der Waals surface area contributed by atoms with Crippen molar-refractivity contribution in [3.8, 4) is 16.9 Å². The number of aromatic hydroxyl groups is 1. The number of aryl methyl sites for hydroxylation is 1. The number of hydrogen-bond acceptors (Lipinski definition) is 2. The van der Waals surface area contributed by atoms with E-state index < -0.39 is 0 Å². The van der Waals surface area contributed by atoms with E-state index in [2.05, 4.69) is 19.1 Å². The fourth-order valence-corrected chi connectivity index (χ4v) is 2.46. The van der Waals surface area contributed by atoms with Gasteiger partial charge in [-0.2, -0.15) is 0 Å². The molecule has 0 amide bonds. The average molecular weight is 268 g/mol. The summed E-state index contributed by atoms with van der Waals surface area (Å²) in [5, 5.41) is 10.0. The Kier molecular flexibility index (Phi) is 4.57. The maximum atomic E-state index is 11.4. The van der Waals surface area contributed by atoms with Crippen molar-refractivity contribution >= 4 is 5.78 Å². The minimum absolute atomic E-state index is 0.0532. The molecular formula is C18H20O2. The summed E-state index contributed by atoms with van der Waals surface area (Å²) < 4.78 is 0. The van der Waals surface area contributed by atoms with Crippen LogP contribution in [0.5, 0.6) is 5.75 Å². The van der Waals surface area contributed by atoms with Gasteiger partial charge in [0.25, 0.3) is 0 Å². The van der Waals surface area contributed by atoms with E-state index in [1.54, 1.807) is 13.0 Å². The molecule has 0 unspecified atom stereocenters. The normalized spacial score (nSPS) is 10.5. The number of ketones is 1. The third-order valence-electron chi connectivity index (χ3n) is 3.35. The van der Waals surface area contributed by atoms with Crippen LogP contribution in [0, 0.1) is 0 Å². The van der Waals surface area contributed by atoms with Crippen molar-refractivity contribution in [1.29, 1.82) is 0 Å². The van der Waals surface area contributed by atoms with E-state index in [4.69, 9.17) is 0 Å². The summed E-state index contributed by atoms with van der Waals surface area (Å²) in [5.74, 6) is 0.246. The highest BCUT2D eigenvalue weighted by molar-refractivity contribution is 5.83. The van der Waals surface area contributed by atoms with Crippen LogP contribution in [0.2, 0.25) is 0 Å². The summed E-state index contributed by atoms with van der Waals surface area (Å²) in [5.41, 5.74) is 4.00. The molecule has 0 aliphatic heterocycles. The lowest BCUT2D eigenvalue weighted by atomic mass is 9.94. The van der Waals surface area contributed by atoms with Crippen LogP contribution in [-0.2, 0) is 17.6 Å². The van der Waals surface area contributed by atoms with E-state index in [0.29, 0.717) is 5.56 Å². The van der Waals surface area contributed by atoms with Gasteiger partial charge in [0.2, 0.25) is 0 Å². The molecule has 2 heteroatoms. The number of carbonyl (C=O) groups excluding carboxylic acids is 1. The van der Waals surface area contributed by atoms with Crippen molar-refractivity contribution < 1.29 is 9.90 Å². The Morgan fingerprint density at radius 3 is 2.60 bits per heavy atom. The molecule has 0 radical (unpaired) electrons. The fraction of sp³-hybridized carbons (Fsp3) is 0.278. The molecule has 104 valence electrons. The van der Waals surface area contributed by atoms with Crippen LogP contribution >= 0.6 is 0 Å². The van der Waals surface area contributed by atoms with Gasteiger partial charge < -0.3 is 5.11 Å². The highest BCUT2D eigenvalue weighted by atomic mass is 16.3. The molecular weight excluding hydrogens is 248 g/mol. The smallest absolute Gasteiger partial charge is 0.134 e. The molecule has 2 aromatic rings. The molecule has 0 saturated heterocycles. The van der Waals surface area contributed by atoms with E-state index in [0.717, 1.165) is 24.0 Å². The zero-order valence-electron chi connectivity index (χ0n) is 12.0. The maximum Gasteiger partial charge on any atom is 0.134 e. The second-order valence-corrected chi connectivity index (χ2v) is 5.13. The first-order chi connectivity index (χ1) is 9.61.